The maximum absolute atomic E-state index is 12.6. The van der Waals surface area contributed by atoms with Gasteiger partial charge in [-0.05, 0) is 38.6 Å². The molecule has 1 heterocycles. The summed E-state index contributed by atoms with van der Waals surface area (Å²) in [7, 11) is -3.68. The van der Waals surface area contributed by atoms with Gasteiger partial charge in [-0.3, -0.25) is 9.69 Å². The van der Waals surface area contributed by atoms with Gasteiger partial charge in [0.05, 0.1) is 10.9 Å². The van der Waals surface area contributed by atoms with Crippen LogP contribution in [0, 0.1) is 0 Å². The number of carbonyl (C=O) groups is 1. The first-order valence-electron chi connectivity index (χ1n) is 8.49. The molecule has 24 heavy (non-hydrogen) atoms. The molecule has 0 spiro atoms. The van der Waals surface area contributed by atoms with Gasteiger partial charge in [-0.15, -0.1) is 0 Å². The zero-order valence-corrected chi connectivity index (χ0v) is 15.4. The van der Waals surface area contributed by atoms with Gasteiger partial charge in [0, 0.05) is 19.1 Å². The Labute approximate surface area is 144 Å². The van der Waals surface area contributed by atoms with Crippen LogP contribution in [0.3, 0.4) is 0 Å². The molecule has 7 heteroatoms. The van der Waals surface area contributed by atoms with Gasteiger partial charge in [0.1, 0.15) is 0 Å². The monoisotopic (exact) mass is 353 g/mol. The highest BCUT2D eigenvalue weighted by Gasteiger charge is 2.32. The van der Waals surface area contributed by atoms with Crippen LogP contribution in [0.5, 0.6) is 0 Å². The minimum atomic E-state index is -3.68. The molecule has 134 valence electrons. The van der Waals surface area contributed by atoms with Gasteiger partial charge in [-0.2, -0.15) is 4.72 Å². The molecule has 1 fully saturated rings. The predicted molar refractivity (Wildman–Crippen MR) is 94.1 cm³/mol. The third-order valence-electron chi connectivity index (χ3n) is 4.56. The smallest absolute Gasteiger partial charge is 0.241 e. The Morgan fingerprint density at radius 3 is 2.50 bits per heavy atom. The topological polar surface area (TPSA) is 69.7 Å². The van der Waals surface area contributed by atoms with Crippen molar-refractivity contribution in [2.45, 2.75) is 44.2 Å². The lowest BCUT2D eigenvalue weighted by Gasteiger charge is -2.27. The maximum atomic E-state index is 12.6. The molecule has 2 atom stereocenters. The van der Waals surface area contributed by atoms with Crippen LogP contribution < -0.4 is 4.72 Å². The van der Waals surface area contributed by atoms with Crippen LogP contribution >= 0.6 is 0 Å². The Balaban J connectivity index is 1.98. The van der Waals surface area contributed by atoms with E-state index >= 15 is 0 Å². The van der Waals surface area contributed by atoms with Crippen molar-refractivity contribution in [3.63, 3.8) is 0 Å². The van der Waals surface area contributed by atoms with Gasteiger partial charge in [0.15, 0.2) is 0 Å². The van der Waals surface area contributed by atoms with E-state index in [0.717, 1.165) is 19.5 Å². The first-order valence-corrected chi connectivity index (χ1v) is 9.97. The van der Waals surface area contributed by atoms with Crippen LogP contribution in [0.15, 0.2) is 35.2 Å². The first kappa shape index (κ1) is 18.9. The molecule has 0 aliphatic carbocycles. The molecular weight excluding hydrogens is 326 g/mol. The number of hydrogen-bond donors (Lipinski definition) is 1. The summed E-state index contributed by atoms with van der Waals surface area (Å²) in [5.41, 5.74) is 0. The predicted octanol–water partition coefficient (Wildman–Crippen LogP) is 1.30. The number of amides is 1. The number of nitrogens with zero attached hydrogens (tertiary/aromatic N) is 2. The number of benzene rings is 1. The molecule has 1 aliphatic heterocycles. The molecule has 2 unspecified atom stereocenters. The SMILES string of the molecule is CCN(CC)C1CCN(C(=O)C(C)NS(=O)(=O)c2ccccc2)C1. The normalized spacial score (nSPS) is 19.7. The molecule has 2 rings (SSSR count). The van der Waals surface area contributed by atoms with Crippen LogP contribution in [-0.2, 0) is 14.8 Å². The molecular formula is C17H27N3O3S. The molecule has 0 bridgehead atoms. The summed E-state index contributed by atoms with van der Waals surface area (Å²) in [6.07, 6.45) is 0.936. The summed E-state index contributed by atoms with van der Waals surface area (Å²) < 4.78 is 27.2. The van der Waals surface area contributed by atoms with E-state index in [2.05, 4.69) is 23.5 Å². The second kappa shape index (κ2) is 8.09. The lowest BCUT2D eigenvalue weighted by atomic mass is 10.2. The molecule has 6 nitrogen and oxygen atoms in total. The molecule has 1 saturated heterocycles. The Hall–Kier alpha value is -1.44. The van der Waals surface area contributed by atoms with E-state index in [0.29, 0.717) is 19.1 Å². The Kier molecular flexibility index (Phi) is 6.37. The highest BCUT2D eigenvalue weighted by atomic mass is 32.2. The number of sulfonamides is 1. The number of nitrogens with one attached hydrogen (secondary N) is 1. The average Bonchev–Trinajstić information content (AvgIpc) is 3.05. The average molecular weight is 353 g/mol. The van der Waals surface area contributed by atoms with Crippen molar-refractivity contribution in [3.8, 4) is 0 Å². The quantitative estimate of drug-likeness (QED) is 0.802. The summed E-state index contributed by atoms with van der Waals surface area (Å²) in [6.45, 7) is 9.09. The van der Waals surface area contributed by atoms with Crippen molar-refractivity contribution >= 4 is 15.9 Å². The molecule has 1 aliphatic rings. The summed E-state index contributed by atoms with van der Waals surface area (Å²) in [4.78, 5) is 16.9. The largest absolute Gasteiger partial charge is 0.340 e. The lowest BCUT2D eigenvalue weighted by Crippen LogP contribution is -2.47. The third kappa shape index (κ3) is 4.34. The lowest BCUT2D eigenvalue weighted by molar-refractivity contribution is -0.131. The number of likely N-dealkylation sites (tertiary alicyclic amines) is 1. The van der Waals surface area contributed by atoms with Crippen molar-refractivity contribution in [1.82, 2.24) is 14.5 Å². The van der Waals surface area contributed by atoms with E-state index in [1.54, 1.807) is 30.0 Å². The summed E-state index contributed by atoms with van der Waals surface area (Å²) in [5, 5.41) is 0. The Morgan fingerprint density at radius 1 is 1.29 bits per heavy atom. The highest BCUT2D eigenvalue weighted by Crippen LogP contribution is 2.17. The fraction of sp³-hybridized carbons (Fsp3) is 0.588. The summed E-state index contributed by atoms with van der Waals surface area (Å²) in [5.74, 6) is -0.163. The van der Waals surface area contributed by atoms with E-state index < -0.39 is 16.1 Å². The fourth-order valence-corrected chi connectivity index (χ4v) is 4.42. The van der Waals surface area contributed by atoms with E-state index in [9.17, 15) is 13.2 Å². The van der Waals surface area contributed by atoms with Crippen LogP contribution in [0.4, 0.5) is 0 Å². The van der Waals surface area contributed by atoms with Crippen LogP contribution in [0.1, 0.15) is 27.2 Å². The minimum absolute atomic E-state index is 0.163. The molecule has 1 aromatic carbocycles. The minimum Gasteiger partial charge on any atom is -0.340 e. The van der Waals surface area contributed by atoms with E-state index in [1.807, 2.05) is 0 Å². The van der Waals surface area contributed by atoms with Crippen molar-refractivity contribution in [3.05, 3.63) is 30.3 Å². The molecule has 0 radical (unpaired) electrons. The molecule has 0 saturated carbocycles. The molecule has 1 N–H and O–H groups in total. The Morgan fingerprint density at radius 2 is 1.92 bits per heavy atom. The first-order chi connectivity index (χ1) is 11.4. The summed E-state index contributed by atoms with van der Waals surface area (Å²) in [6, 6.07) is 7.71. The van der Waals surface area contributed by atoms with Crippen molar-refractivity contribution in [2.75, 3.05) is 26.2 Å². The zero-order chi connectivity index (χ0) is 17.7. The second-order valence-electron chi connectivity index (χ2n) is 6.10. The van der Waals surface area contributed by atoms with Gasteiger partial charge < -0.3 is 4.90 Å². The number of hydrogen-bond acceptors (Lipinski definition) is 4. The van der Waals surface area contributed by atoms with E-state index in [-0.39, 0.29) is 10.8 Å². The van der Waals surface area contributed by atoms with Crippen LogP contribution in [-0.4, -0.2) is 62.4 Å². The highest BCUT2D eigenvalue weighted by molar-refractivity contribution is 7.89. The molecule has 1 amide bonds. The fourth-order valence-electron chi connectivity index (χ4n) is 3.20. The zero-order valence-electron chi connectivity index (χ0n) is 14.6. The van der Waals surface area contributed by atoms with E-state index in [1.165, 1.54) is 12.1 Å². The van der Waals surface area contributed by atoms with E-state index in [4.69, 9.17) is 0 Å². The molecule has 0 aromatic heterocycles. The van der Waals surface area contributed by atoms with Gasteiger partial charge in [0.2, 0.25) is 15.9 Å². The summed E-state index contributed by atoms with van der Waals surface area (Å²) >= 11 is 0. The van der Waals surface area contributed by atoms with Crippen LogP contribution in [0.25, 0.3) is 0 Å². The van der Waals surface area contributed by atoms with Gasteiger partial charge in [0.25, 0.3) is 0 Å². The third-order valence-corrected chi connectivity index (χ3v) is 6.12. The maximum Gasteiger partial charge on any atom is 0.241 e. The van der Waals surface area contributed by atoms with Gasteiger partial charge >= 0.3 is 0 Å². The van der Waals surface area contributed by atoms with Crippen molar-refractivity contribution < 1.29 is 13.2 Å². The second-order valence-corrected chi connectivity index (χ2v) is 7.82. The van der Waals surface area contributed by atoms with Crippen molar-refractivity contribution in [2.24, 2.45) is 0 Å². The van der Waals surface area contributed by atoms with Gasteiger partial charge in [-0.1, -0.05) is 32.0 Å². The number of rotatable bonds is 7. The standard InChI is InChI=1S/C17H27N3O3S/c1-4-19(5-2)15-11-12-20(13-15)17(21)14(3)18-24(22,23)16-9-7-6-8-10-16/h6-10,14-15,18H,4-5,11-13H2,1-3H3. The van der Waals surface area contributed by atoms with Gasteiger partial charge in [-0.25, -0.2) is 8.42 Å². The number of carbonyl (C=O) groups excluding carboxylic acids is 1. The number of likely N-dealkylation sites (N-methyl/N-ethyl adjacent to an activating group) is 1. The Bertz CT molecular complexity index is 644. The van der Waals surface area contributed by atoms with Crippen molar-refractivity contribution in [1.29, 1.82) is 0 Å². The van der Waals surface area contributed by atoms with Crippen LogP contribution in [0.2, 0.25) is 0 Å². The molecule has 1 aromatic rings.